The summed E-state index contributed by atoms with van der Waals surface area (Å²) in [4.78, 5) is 24.6. The van der Waals surface area contributed by atoms with Crippen molar-refractivity contribution in [2.75, 3.05) is 11.1 Å². The largest absolute Gasteiger partial charge is 0.345 e. The van der Waals surface area contributed by atoms with E-state index >= 15 is 0 Å². The smallest absolute Gasteiger partial charge is 0.252 e. The van der Waals surface area contributed by atoms with Crippen molar-refractivity contribution >= 4 is 45.2 Å². The molecule has 0 atom stereocenters. The molecule has 2 amide bonds. The van der Waals surface area contributed by atoms with Crippen LogP contribution in [0.4, 0.5) is 5.69 Å². The van der Waals surface area contributed by atoms with Gasteiger partial charge in [-0.1, -0.05) is 30.0 Å². The second-order valence-corrected chi connectivity index (χ2v) is 8.55. The Kier molecular flexibility index (Phi) is 7.28. The van der Waals surface area contributed by atoms with E-state index < -0.39 is 0 Å². The molecule has 0 aliphatic heterocycles. The van der Waals surface area contributed by atoms with Crippen LogP contribution in [0, 0.1) is 13.8 Å². The molecule has 3 aromatic rings. The summed E-state index contributed by atoms with van der Waals surface area (Å²) in [6, 6.07) is 13.0. The fraction of sp³-hybridized carbons (Fsp3) is 0.238. The van der Waals surface area contributed by atoms with Crippen LogP contribution in [-0.4, -0.2) is 32.3 Å². The summed E-state index contributed by atoms with van der Waals surface area (Å²) in [7, 11) is 1.81. The van der Waals surface area contributed by atoms with Gasteiger partial charge in [0.15, 0.2) is 11.0 Å². The number of rotatable bonds is 7. The predicted molar refractivity (Wildman–Crippen MR) is 122 cm³/mol. The van der Waals surface area contributed by atoms with Crippen molar-refractivity contribution in [3.8, 4) is 0 Å². The van der Waals surface area contributed by atoms with Gasteiger partial charge in [0.05, 0.1) is 17.9 Å². The summed E-state index contributed by atoms with van der Waals surface area (Å²) in [5, 5.41) is 14.6. The summed E-state index contributed by atoms with van der Waals surface area (Å²) < 4.78 is 2.50. The van der Waals surface area contributed by atoms with Gasteiger partial charge >= 0.3 is 0 Å². The number of benzene rings is 2. The van der Waals surface area contributed by atoms with E-state index in [2.05, 4.69) is 36.8 Å². The number of carbonyl (C=O) groups is 2. The molecule has 30 heavy (non-hydrogen) atoms. The number of hydrogen-bond acceptors (Lipinski definition) is 5. The number of halogens is 1. The second kappa shape index (κ2) is 9.90. The first kappa shape index (κ1) is 22.0. The zero-order valence-corrected chi connectivity index (χ0v) is 19.3. The molecule has 0 aliphatic rings. The lowest BCUT2D eigenvalue weighted by Gasteiger charge is -2.08. The number of nitrogens with one attached hydrogen (secondary N) is 2. The number of anilines is 1. The highest BCUT2D eigenvalue weighted by Crippen LogP contribution is 2.19. The van der Waals surface area contributed by atoms with Gasteiger partial charge in [0.1, 0.15) is 0 Å². The quantitative estimate of drug-likeness (QED) is 0.494. The Morgan fingerprint density at radius 3 is 2.60 bits per heavy atom. The predicted octanol–water partition coefficient (Wildman–Crippen LogP) is 3.86. The Bertz CT molecular complexity index is 1080. The van der Waals surface area contributed by atoms with Crippen LogP contribution in [0.1, 0.15) is 27.3 Å². The Hall–Kier alpha value is -2.65. The highest BCUT2D eigenvalue weighted by atomic mass is 79.9. The monoisotopic (exact) mass is 487 g/mol. The van der Waals surface area contributed by atoms with Crippen molar-refractivity contribution < 1.29 is 9.59 Å². The fourth-order valence-corrected chi connectivity index (χ4v) is 3.87. The summed E-state index contributed by atoms with van der Waals surface area (Å²) in [6.07, 6.45) is 0. The van der Waals surface area contributed by atoms with E-state index in [4.69, 9.17) is 0 Å². The molecule has 1 aromatic heterocycles. The van der Waals surface area contributed by atoms with Crippen LogP contribution in [0.2, 0.25) is 0 Å². The lowest BCUT2D eigenvalue weighted by molar-refractivity contribution is -0.113. The van der Waals surface area contributed by atoms with E-state index in [1.807, 2.05) is 51.2 Å². The maximum absolute atomic E-state index is 12.3. The van der Waals surface area contributed by atoms with E-state index in [1.54, 1.807) is 16.7 Å². The van der Waals surface area contributed by atoms with Crippen LogP contribution in [-0.2, 0) is 18.4 Å². The molecule has 0 radical (unpaired) electrons. The van der Waals surface area contributed by atoms with Crippen molar-refractivity contribution in [3.63, 3.8) is 0 Å². The van der Waals surface area contributed by atoms with Crippen LogP contribution < -0.4 is 10.6 Å². The maximum Gasteiger partial charge on any atom is 0.252 e. The Morgan fingerprint density at radius 2 is 1.87 bits per heavy atom. The number of aryl methyl sites for hydroxylation is 2. The molecular formula is C21H22BrN5O2S. The first-order valence-corrected chi connectivity index (χ1v) is 11.0. The Morgan fingerprint density at radius 1 is 1.10 bits per heavy atom. The van der Waals surface area contributed by atoms with Gasteiger partial charge in [-0.3, -0.25) is 9.59 Å². The van der Waals surface area contributed by atoms with E-state index in [1.165, 1.54) is 17.3 Å². The molecule has 0 aliphatic carbocycles. The highest BCUT2D eigenvalue weighted by Gasteiger charge is 2.14. The summed E-state index contributed by atoms with van der Waals surface area (Å²) in [5.41, 5.74) is 3.64. The molecule has 2 N–H and O–H groups in total. The zero-order chi connectivity index (χ0) is 21.7. The van der Waals surface area contributed by atoms with Crippen LogP contribution in [0.3, 0.4) is 0 Å². The number of nitrogens with zero attached hydrogens (tertiary/aromatic N) is 3. The summed E-state index contributed by atoms with van der Waals surface area (Å²) in [5.74, 6) is 0.498. The lowest BCUT2D eigenvalue weighted by Crippen LogP contribution is -2.24. The van der Waals surface area contributed by atoms with Gasteiger partial charge in [-0.25, -0.2) is 0 Å². The number of thioether (sulfide) groups is 1. The Balaban J connectivity index is 1.53. The molecule has 3 rings (SSSR count). The first-order valence-electron chi connectivity index (χ1n) is 9.26. The topological polar surface area (TPSA) is 88.9 Å². The molecule has 1 heterocycles. The van der Waals surface area contributed by atoms with Gasteiger partial charge in [-0.15, -0.1) is 10.2 Å². The number of amides is 2. The minimum Gasteiger partial charge on any atom is -0.345 e. The van der Waals surface area contributed by atoms with Crippen molar-refractivity contribution in [1.29, 1.82) is 0 Å². The van der Waals surface area contributed by atoms with Gasteiger partial charge in [0.25, 0.3) is 5.91 Å². The maximum atomic E-state index is 12.3. The van der Waals surface area contributed by atoms with Gasteiger partial charge in [0.2, 0.25) is 5.91 Å². The van der Waals surface area contributed by atoms with Crippen LogP contribution in [0.5, 0.6) is 0 Å². The molecule has 7 nitrogen and oxygen atoms in total. The van der Waals surface area contributed by atoms with Crippen LogP contribution >= 0.6 is 27.7 Å². The van der Waals surface area contributed by atoms with E-state index in [9.17, 15) is 9.59 Å². The summed E-state index contributed by atoms with van der Waals surface area (Å²) in [6.45, 7) is 4.28. The average Bonchev–Trinajstić information content (AvgIpc) is 3.07. The van der Waals surface area contributed by atoms with Gasteiger partial charge in [-0.2, -0.15) is 0 Å². The summed E-state index contributed by atoms with van der Waals surface area (Å²) >= 11 is 4.66. The van der Waals surface area contributed by atoms with Crippen LogP contribution in [0.25, 0.3) is 0 Å². The molecule has 156 valence electrons. The van der Waals surface area contributed by atoms with E-state index in [0.29, 0.717) is 16.5 Å². The van der Waals surface area contributed by atoms with Crippen molar-refractivity contribution in [3.05, 3.63) is 69.5 Å². The third-order valence-corrected chi connectivity index (χ3v) is 6.29. The zero-order valence-electron chi connectivity index (χ0n) is 16.9. The third kappa shape index (κ3) is 5.48. The van der Waals surface area contributed by atoms with Gasteiger partial charge in [0, 0.05) is 17.2 Å². The molecule has 2 aromatic carbocycles. The number of aromatic nitrogens is 3. The normalized spacial score (nSPS) is 10.7. The molecule has 0 fully saturated rings. The van der Waals surface area contributed by atoms with Gasteiger partial charge < -0.3 is 15.2 Å². The standard InChI is InChI=1S/C21H22BrN5O2S/c1-13-8-9-15(10-14(13)2)24-19(28)12-30-21-26-25-18(27(21)3)11-23-20(29)16-6-4-5-7-17(16)22/h4-10H,11-12H2,1-3H3,(H,23,29)(H,24,28). The van der Waals surface area contributed by atoms with Crippen molar-refractivity contribution in [2.45, 2.75) is 25.5 Å². The highest BCUT2D eigenvalue weighted by molar-refractivity contribution is 9.10. The first-order chi connectivity index (χ1) is 14.3. The van der Waals surface area contributed by atoms with Crippen molar-refractivity contribution in [2.24, 2.45) is 7.05 Å². The third-order valence-electron chi connectivity index (χ3n) is 4.57. The molecular weight excluding hydrogens is 466 g/mol. The second-order valence-electron chi connectivity index (χ2n) is 6.76. The molecule has 0 saturated carbocycles. The van der Waals surface area contributed by atoms with Crippen molar-refractivity contribution in [1.82, 2.24) is 20.1 Å². The molecule has 0 bridgehead atoms. The minimum atomic E-state index is -0.201. The number of hydrogen-bond donors (Lipinski definition) is 2. The average molecular weight is 488 g/mol. The SMILES string of the molecule is Cc1ccc(NC(=O)CSc2nnc(CNC(=O)c3ccccc3Br)n2C)cc1C. The molecule has 9 heteroatoms. The van der Waals surface area contributed by atoms with Gasteiger partial charge in [-0.05, 0) is 65.2 Å². The minimum absolute atomic E-state index is 0.116. The number of carbonyl (C=O) groups excluding carboxylic acids is 2. The molecule has 0 unspecified atom stereocenters. The molecule has 0 spiro atoms. The fourth-order valence-electron chi connectivity index (χ4n) is 2.67. The lowest BCUT2D eigenvalue weighted by atomic mass is 10.1. The van der Waals surface area contributed by atoms with E-state index in [0.717, 1.165) is 15.7 Å². The molecule has 0 saturated heterocycles. The van der Waals surface area contributed by atoms with Crippen LogP contribution in [0.15, 0.2) is 52.1 Å². The Labute approximate surface area is 187 Å². The van der Waals surface area contributed by atoms with E-state index in [-0.39, 0.29) is 24.1 Å².